The molecule has 0 aliphatic carbocycles. The van der Waals surface area contributed by atoms with Crippen molar-refractivity contribution >= 4 is 6.21 Å². The Morgan fingerprint density at radius 3 is 2.56 bits per heavy atom. The van der Waals surface area contributed by atoms with Gasteiger partial charge in [0.15, 0.2) is 0 Å². The molecule has 5 heteroatoms. The van der Waals surface area contributed by atoms with Crippen LogP contribution in [0.5, 0.6) is 0 Å². The summed E-state index contributed by atoms with van der Waals surface area (Å²) in [4.78, 5) is 7.35. The molecule has 2 rings (SSSR count). The van der Waals surface area contributed by atoms with Gasteiger partial charge in [-0.15, -0.1) is 0 Å². The topological polar surface area (TPSA) is 25.2 Å². The molecule has 2 nitrogen and oxygen atoms in total. The van der Waals surface area contributed by atoms with E-state index < -0.39 is 11.9 Å². The van der Waals surface area contributed by atoms with E-state index >= 15 is 0 Å². The van der Waals surface area contributed by atoms with Crippen molar-refractivity contribution in [2.75, 3.05) is 6.54 Å². The van der Waals surface area contributed by atoms with Crippen LogP contribution in [0.3, 0.4) is 0 Å². The molecule has 0 saturated heterocycles. The van der Waals surface area contributed by atoms with Crippen molar-refractivity contribution in [3.05, 3.63) is 41.2 Å². The third-order valence-electron chi connectivity index (χ3n) is 2.30. The summed E-state index contributed by atoms with van der Waals surface area (Å²) >= 11 is 0. The minimum absolute atomic E-state index is 0.464. The second kappa shape index (κ2) is 5.05. The average Bonchev–Trinajstić information content (AvgIpc) is 2.37. The van der Waals surface area contributed by atoms with E-state index in [2.05, 4.69) is 21.8 Å². The molecule has 0 atom stereocenters. The monoisotopic (exact) mass is 250 g/mol. The average molecular weight is 250 g/mol. The molecule has 0 N–H and O–H groups in total. The predicted molar refractivity (Wildman–Crippen MR) is 62.2 cm³/mol. The number of allylic oxidation sites excluding steroid dienone is 1. The first-order valence-electron chi connectivity index (χ1n) is 5.28. The van der Waals surface area contributed by atoms with E-state index in [9.17, 15) is 13.2 Å². The van der Waals surface area contributed by atoms with Gasteiger partial charge in [-0.2, -0.15) is 13.2 Å². The molecule has 1 aromatic rings. The Balaban J connectivity index is 2.12. The maximum absolute atomic E-state index is 12.3. The van der Waals surface area contributed by atoms with Crippen LogP contribution >= 0.6 is 0 Å². The van der Waals surface area contributed by atoms with E-state index in [0.717, 1.165) is 17.8 Å². The number of rotatable bonds is 0. The molecular weight excluding hydrogens is 241 g/mol. The Labute approximate surface area is 102 Å². The fourth-order valence-electron chi connectivity index (χ4n) is 1.37. The molecule has 0 unspecified atom stereocenters. The number of hydrogen-bond donors (Lipinski definition) is 0. The fraction of sp³-hybridized carbons (Fsp3) is 0.231. The highest BCUT2D eigenvalue weighted by Gasteiger charge is 2.31. The van der Waals surface area contributed by atoms with Gasteiger partial charge in [0.2, 0.25) is 0 Å². The van der Waals surface area contributed by atoms with E-state index in [-0.39, 0.29) is 0 Å². The third-order valence-corrected chi connectivity index (χ3v) is 2.30. The molecule has 0 saturated carbocycles. The van der Waals surface area contributed by atoms with Gasteiger partial charge in [-0.1, -0.05) is 17.9 Å². The Hall–Kier alpha value is -2.09. The molecule has 0 aromatic carbocycles. The molecule has 1 aliphatic heterocycles. The first-order valence-corrected chi connectivity index (χ1v) is 5.28. The maximum Gasteiger partial charge on any atom is 0.433 e. The standard InChI is InChI=1S/C13H9F3N2/c14-13(15,16)12-4-3-11(9-18-12)2-1-10-5-7-17-8-6-10/h3-5,8-9H,6-7H2. The summed E-state index contributed by atoms with van der Waals surface area (Å²) in [6.07, 6.45) is 1.06. The van der Waals surface area contributed by atoms with Gasteiger partial charge in [-0.25, -0.2) is 0 Å². The highest BCUT2D eigenvalue weighted by Crippen LogP contribution is 2.26. The highest BCUT2D eigenvalue weighted by molar-refractivity contribution is 5.65. The molecule has 0 amide bonds. The van der Waals surface area contributed by atoms with Crippen LogP contribution in [0.1, 0.15) is 17.7 Å². The maximum atomic E-state index is 12.3. The number of hydrogen-bond acceptors (Lipinski definition) is 2. The van der Waals surface area contributed by atoms with E-state index in [1.54, 1.807) is 6.21 Å². The van der Waals surface area contributed by atoms with Gasteiger partial charge < -0.3 is 0 Å². The Morgan fingerprint density at radius 1 is 1.17 bits per heavy atom. The zero-order chi connectivity index (χ0) is 13.0. The number of nitrogens with zero attached hydrogens (tertiary/aromatic N) is 2. The summed E-state index contributed by atoms with van der Waals surface area (Å²) in [7, 11) is 0. The predicted octanol–water partition coefficient (Wildman–Crippen LogP) is 2.85. The van der Waals surface area contributed by atoms with Crippen LogP contribution < -0.4 is 0 Å². The molecule has 0 radical (unpaired) electrons. The molecule has 0 bridgehead atoms. The summed E-state index contributed by atoms with van der Waals surface area (Å²) in [5.74, 6) is 5.68. The van der Waals surface area contributed by atoms with E-state index in [0.29, 0.717) is 18.5 Å². The van der Waals surface area contributed by atoms with E-state index in [1.807, 2.05) is 6.08 Å². The van der Waals surface area contributed by atoms with Gasteiger partial charge in [0.1, 0.15) is 5.69 Å². The van der Waals surface area contributed by atoms with Crippen LogP contribution in [0.25, 0.3) is 0 Å². The van der Waals surface area contributed by atoms with Crippen LogP contribution in [-0.2, 0) is 6.18 Å². The molecule has 1 aromatic heterocycles. The smallest absolute Gasteiger partial charge is 0.293 e. The molecule has 1 aliphatic rings. The lowest BCUT2D eigenvalue weighted by atomic mass is 10.1. The molecule has 18 heavy (non-hydrogen) atoms. The molecular formula is C13H9F3N2. The van der Waals surface area contributed by atoms with Crippen molar-refractivity contribution in [2.45, 2.75) is 12.6 Å². The highest BCUT2D eigenvalue weighted by atomic mass is 19.4. The summed E-state index contributed by atoms with van der Waals surface area (Å²) in [6.45, 7) is 0.606. The summed E-state index contributed by atoms with van der Waals surface area (Å²) < 4.78 is 36.8. The minimum atomic E-state index is -4.41. The van der Waals surface area contributed by atoms with E-state index in [4.69, 9.17) is 0 Å². The second-order valence-electron chi connectivity index (χ2n) is 3.66. The van der Waals surface area contributed by atoms with Crippen molar-refractivity contribution in [1.82, 2.24) is 4.98 Å². The normalized spacial score (nSPS) is 14.7. The molecule has 92 valence electrons. The van der Waals surface area contributed by atoms with Gasteiger partial charge in [0, 0.05) is 30.0 Å². The minimum Gasteiger partial charge on any atom is -0.293 e. The van der Waals surface area contributed by atoms with Crippen molar-refractivity contribution in [2.24, 2.45) is 4.99 Å². The van der Waals surface area contributed by atoms with Crippen molar-refractivity contribution in [1.29, 1.82) is 0 Å². The Morgan fingerprint density at radius 2 is 2.00 bits per heavy atom. The van der Waals surface area contributed by atoms with Crippen LogP contribution in [0.4, 0.5) is 13.2 Å². The van der Waals surface area contributed by atoms with Crippen molar-refractivity contribution in [3.8, 4) is 11.8 Å². The first-order chi connectivity index (χ1) is 8.55. The molecule has 2 heterocycles. The number of aliphatic imine (C=N–C) groups is 1. The summed E-state index contributed by atoms with van der Waals surface area (Å²) in [5, 5.41) is 0. The summed E-state index contributed by atoms with van der Waals surface area (Å²) in [6, 6.07) is 2.25. The van der Waals surface area contributed by atoms with Gasteiger partial charge >= 0.3 is 6.18 Å². The lowest BCUT2D eigenvalue weighted by molar-refractivity contribution is -0.141. The molecule has 0 fully saturated rings. The largest absolute Gasteiger partial charge is 0.433 e. The Bertz CT molecular complexity index is 542. The van der Waals surface area contributed by atoms with Gasteiger partial charge in [0.05, 0.1) is 6.54 Å². The SMILES string of the molecule is FC(F)(F)c1ccc(C#CC2=CCN=CC2)cn1. The first kappa shape index (κ1) is 12.4. The van der Waals surface area contributed by atoms with Crippen molar-refractivity contribution in [3.63, 3.8) is 0 Å². The number of dihydropyridines is 1. The number of halogens is 3. The Kier molecular flexibility index (Phi) is 3.47. The lowest BCUT2D eigenvalue weighted by Crippen LogP contribution is -2.07. The van der Waals surface area contributed by atoms with E-state index in [1.165, 1.54) is 6.07 Å². The zero-order valence-electron chi connectivity index (χ0n) is 9.33. The quantitative estimate of drug-likeness (QED) is 0.650. The number of pyridine rings is 1. The second-order valence-corrected chi connectivity index (χ2v) is 3.66. The number of aromatic nitrogens is 1. The fourth-order valence-corrected chi connectivity index (χ4v) is 1.37. The van der Waals surface area contributed by atoms with Crippen LogP contribution in [-0.4, -0.2) is 17.7 Å². The van der Waals surface area contributed by atoms with Crippen LogP contribution in [0, 0.1) is 11.8 Å². The third kappa shape index (κ3) is 3.20. The molecule has 0 spiro atoms. The van der Waals surface area contributed by atoms with Gasteiger partial charge in [-0.05, 0) is 12.1 Å². The van der Waals surface area contributed by atoms with Gasteiger partial charge in [0.25, 0.3) is 0 Å². The van der Waals surface area contributed by atoms with Crippen LogP contribution in [0.2, 0.25) is 0 Å². The van der Waals surface area contributed by atoms with Crippen molar-refractivity contribution < 1.29 is 13.2 Å². The lowest BCUT2D eigenvalue weighted by Gasteiger charge is -2.04. The van der Waals surface area contributed by atoms with Crippen LogP contribution in [0.15, 0.2) is 35.0 Å². The summed E-state index contributed by atoms with van der Waals surface area (Å²) in [5.41, 5.74) is 0.480. The van der Waals surface area contributed by atoms with Gasteiger partial charge in [-0.3, -0.25) is 9.98 Å². The zero-order valence-corrected chi connectivity index (χ0v) is 9.33. The number of alkyl halides is 3.